The predicted octanol–water partition coefficient (Wildman–Crippen LogP) is 3.05. The van der Waals surface area contributed by atoms with E-state index in [9.17, 15) is 0 Å². The van der Waals surface area contributed by atoms with Gasteiger partial charge in [0, 0.05) is 6.54 Å². The van der Waals surface area contributed by atoms with Crippen LogP contribution in [0.5, 0.6) is 0 Å². The summed E-state index contributed by atoms with van der Waals surface area (Å²) in [4.78, 5) is 0. The Morgan fingerprint density at radius 1 is 1.53 bits per heavy atom. The summed E-state index contributed by atoms with van der Waals surface area (Å²) in [6, 6.07) is 4.26. The number of fused-ring (bicyclic) bond motifs is 1. The first-order valence-electron chi connectivity index (χ1n) is 5.56. The maximum atomic E-state index is 6.03. The van der Waals surface area contributed by atoms with Crippen molar-refractivity contribution in [1.82, 2.24) is 0 Å². The third-order valence-corrected chi connectivity index (χ3v) is 3.01. The quantitative estimate of drug-likeness (QED) is 0.723. The third kappa shape index (κ3) is 1.84. The van der Waals surface area contributed by atoms with Gasteiger partial charge in [0.25, 0.3) is 0 Å². The van der Waals surface area contributed by atoms with E-state index in [1.165, 1.54) is 17.5 Å². The average molecular weight is 202 g/mol. The number of allylic oxidation sites excluding steroid dienone is 1. The summed E-state index contributed by atoms with van der Waals surface area (Å²) in [6.07, 6.45) is 3.29. The van der Waals surface area contributed by atoms with Crippen LogP contribution in [0.15, 0.2) is 18.7 Å². The molecule has 0 aromatic heterocycles. The molecule has 1 heterocycles. The van der Waals surface area contributed by atoms with E-state index in [0.29, 0.717) is 0 Å². The Kier molecular flexibility index (Phi) is 2.67. The van der Waals surface area contributed by atoms with Crippen molar-refractivity contribution in [2.24, 2.45) is 0 Å². The number of anilines is 2. The first-order valence-corrected chi connectivity index (χ1v) is 5.56. The fraction of sp³-hybridized carbons (Fsp3) is 0.385. The van der Waals surface area contributed by atoms with Gasteiger partial charge in [-0.25, -0.2) is 0 Å². The number of hydrogen-bond acceptors (Lipinski definition) is 2. The number of rotatable bonds is 2. The molecule has 0 aliphatic carbocycles. The fourth-order valence-corrected chi connectivity index (χ4v) is 2.04. The van der Waals surface area contributed by atoms with E-state index in [2.05, 4.69) is 24.9 Å². The Balaban J connectivity index is 2.45. The van der Waals surface area contributed by atoms with Gasteiger partial charge in [-0.1, -0.05) is 13.5 Å². The lowest BCUT2D eigenvalue weighted by Crippen LogP contribution is -2.14. The van der Waals surface area contributed by atoms with Crippen molar-refractivity contribution >= 4 is 16.9 Å². The Morgan fingerprint density at radius 3 is 3.07 bits per heavy atom. The predicted molar refractivity (Wildman–Crippen MR) is 67.0 cm³/mol. The van der Waals surface area contributed by atoms with E-state index in [1.807, 2.05) is 6.07 Å². The number of nitrogens with two attached hydrogens (primary N) is 1. The highest BCUT2D eigenvalue weighted by Crippen LogP contribution is 2.32. The van der Waals surface area contributed by atoms with Crippen molar-refractivity contribution in [2.75, 3.05) is 17.6 Å². The van der Waals surface area contributed by atoms with Crippen molar-refractivity contribution in [2.45, 2.75) is 26.2 Å². The van der Waals surface area contributed by atoms with Crippen LogP contribution < -0.4 is 11.1 Å². The van der Waals surface area contributed by atoms with E-state index >= 15 is 0 Å². The Hall–Kier alpha value is -1.44. The molecule has 3 N–H and O–H groups in total. The molecule has 0 saturated carbocycles. The number of aryl methyl sites for hydroxylation is 1. The van der Waals surface area contributed by atoms with Gasteiger partial charge < -0.3 is 11.1 Å². The fourth-order valence-electron chi connectivity index (χ4n) is 2.04. The summed E-state index contributed by atoms with van der Waals surface area (Å²) in [6.45, 7) is 7.21. The van der Waals surface area contributed by atoms with Crippen LogP contribution in [0.1, 0.15) is 30.9 Å². The van der Waals surface area contributed by atoms with E-state index in [0.717, 1.165) is 36.3 Å². The van der Waals surface area contributed by atoms with Gasteiger partial charge in [-0.3, -0.25) is 0 Å². The molecule has 1 aliphatic heterocycles. The molecule has 0 spiro atoms. The van der Waals surface area contributed by atoms with Crippen molar-refractivity contribution in [3.63, 3.8) is 0 Å². The molecule has 1 aliphatic rings. The molecule has 0 fully saturated rings. The highest BCUT2D eigenvalue weighted by Gasteiger charge is 2.13. The van der Waals surface area contributed by atoms with E-state index < -0.39 is 0 Å². The maximum absolute atomic E-state index is 6.03. The van der Waals surface area contributed by atoms with Gasteiger partial charge in [0.05, 0.1) is 11.4 Å². The normalized spacial score (nSPS) is 14.2. The topological polar surface area (TPSA) is 38.0 Å². The number of benzene rings is 1. The first-order chi connectivity index (χ1) is 7.22. The second-order valence-electron chi connectivity index (χ2n) is 4.09. The lowest BCUT2D eigenvalue weighted by atomic mass is 9.95. The molecule has 2 heteroatoms. The molecule has 1 aromatic carbocycles. The van der Waals surface area contributed by atoms with Crippen LogP contribution in [0, 0.1) is 0 Å². The molecule has 15 heavy (non-hydrogen) atoms. The van der Waals surface area contributed by atoms with Crippen molar-refractivity contribution in [3.05, 3.63) is 29.8 Å². The summed E-state index contributed by atoms with van der Waals surface area (Å²) in [7, 11) is 0. The van der Waals surface area contributed by atoms with Gasteiger partial charge in [0.1, 0.15) is 0 Å². The second kappa shape index (κ2) is 3.97. The van der Waals surface area contributed by atoms with Crippen LogP contribution in [-0.4, -0.2) is 6.54 Å². The zero-order valence-corrected chi connectivity index (χ0v) is 9.27. The molecule has 2 nitrogen and oxygen atoms in total. The third-order valence-electron chi connectivity index (χ3n) is 3.01. The molecule has 2 rings (SSSR count). The van der Waals surface area contributed by atoms with Crippen molar-refractivity contribution in [1.29, 1.82) is 0 Å². The summed E-state index contributed by atoms with van der Waals surface area (Å²) in [5.74, 6) is 0. The van der Waals surface area contributed by atoms with Crippen LogP contribution >= 0.6 is 0 Å². The molecular weight excluding hydrogens is 184 g/mol. The zero-order valence-electron chi connectivity index (χ0n) is 9.27. The Bertz CT molecular complexity index is 394. The van der Waals surface area contributed by atoms with Gasteiger partial charge in [-0.05, 0) is 48.1 Å². The molecule has 80 valence electrons. The standard InChI is InChI=1S/C13H18N2/c1-3-9(2)11-7-10-5-4-6-15-13(10)12(14)8-11/h7-8,15H,2-6,14H2,1H3. The highest BCUT2D eigenvalue weighted by atomic mass is 14.9. The molecule has 0 radical (unpaired) electrons. The number of nitrogens with one attached hydrogen (secondary N) is 1. The van der Waals surface area contributed by atoms with Crippen molar-refractivity contribution < 1.29 is 0 Å². The summed E-state index contributed by atoms with van der Waals surface area (Å²) < 4.78 is 0. The molecule has 0 bridgehead atoms. The van der Waals surface area contributed by atoms with Gasteiger partial charge >= 0.3 is 0 Å². The minimum atomic E-state index is 0.858. The molecule has 1 aromatic rings. The van der Waals surface area contributed by atoms with E-state index in [4.69, 9.17) is 5.73 Å². The van der Waals surface area contributed by atoms with E-state index in [1.54, 1.807) is 0 Å². The second-order valence-corrected chi connectivity index (χ2v) is 4.09. The lowest BCUT2D eigenvalue weighted by molar-refractivity contribution is 0.831. The minimum absolute atomic E-state index is 0.858. The molecule has 0 unspecified atom stereocenters. The first kappa shape index (κ1) is 10.1. The van der Waals surface area contributed by atoms with Gasteiger partial charge in [-0.2, -0.15) is 0 Å². The SMILES string of the molecule is C=C(CC)c1cc(N)c2c(c1)CCCN2. The Morgan fingerprint density at radius 2 is 2.33 bits per heavy atom. The monoisotopic (exact) mass is 202 g/mol. The van der Waals surface area contributed by atoms with Crippen LogP contribution in [-0.2, 0) is 6.42 Å². The van der Waals surface area contributed by atoms with Crippen LogP contribution in [0.4, 0.5) is 11.4 Å². The summed E-state index contributed by atoms with van der Waals surface area (Å²) >= 11 is 0. The van der Waals surface area contributed by atoms with Gasteiger partial charge in [0.15, 0.2) is 0 Å². The van der Waals surface area contributed by atoms with Gasteiger partial charge in [0.2, 0.25) is 0 Å². The minimum Gasteiger partial charge on any atom is -0.397 e. The van der Waals surface area contributed by atoms with Crippen molar-refractivity contribution in [3.8, 4) is 0 Å². The summed E-state index contributed by atoms with van der Waals surface area (Å²) in [5, 5.41) is 3.36. The summed E-state index contributed by atoms with van der Waals surface area (Å²) in [5.41, 5.74) is 11.7. The smallest absolute Gasteiger partial charge is 0.0606 e. The highest BCUT2D eigenvalue weighted by molar-refractivity contribution is 5.78. The van der Waals surface area contributed by atoms with Crippen LogP contribution in [0.25, 0.3) is 5.57 Å². The van der Waals surface area contributed by atoms with E-state index in [-0.39, 0.29) is 0 Å². The van der Waals surface area contributed by atoms with Gasteiger partial charge in [-0.15, -0.1) is 0 Å². The molecule has 0 amide bonds. The average Bonchev–Trinajstić information content (AvgIpc) is 2.28. The molecule has 0 saturated heterocycles. The van der Waals surface area contributed by atoms with Crippen LogP contribution in [0.3, 0.4) is 0 Å². The largest absolute Gasteiger partial charge is 0.397 e. The molecule has 0 atom stereocenters. The number of nitrogen functional groups attached to an aromatic ring is 1. The Labute approximate surface area is 91.2 Å². The number of hydrogen-bond donors (Lipinski definition) is 2. The molecular formula is C13H18N2. The zero-order chi connectivity index (χ0) is 10.8. The lowest BCUT2D eigenvalue weighted by Gasteiger charge is -2.21. The maximum Gasteiger partial charge on any atom is 0.0606 e. The van der Waals surface area contributed by atoms with Crippen LogP contribution in [0.2, 0.25) is 0 Å².